The molecule has 5 heteroatoms. The molecule has 0 aromatic rings. The van der Waals surface area contributed by atoms with Gasteiger partial charge in [-0.1, -0.05) is 8.41 Å². The Bertz CT molecular complexity index is 33.8. The van der Waals surface area contributed by atoms with Crippen molar-refractivity contribution in [2.75, 3.05) is 0 Å². The quantitative estimate of drug-likeness (QED) is 0.303. The summed E-state index contributed by atoms with van der Waals surface area (Å²) in [7, 11) is 0. The van der Waals surface area contributed by atoms with Crippen LogP contribution in [0.1, 0.15) is 0 Å². The third-order valence-corrected chi connectivity index (χ3v) is 0. The molecule has 32 valence electrons. The summed E-state index contributed by atoms with van der Waals surface area (Å²) < 4.78 is 0. The maximum absolute atomic E-state index is 8.56. The molecule has 0 aliphatic carbocycles. The van der Waals surface area contributed by atoms with Crippen molar-refractivity contribution in [3.8, 4) is 0 Å². The van der Waals surface area contributed by atoms with Crippen molar-refractivity contribution in [1.82, 2.24) is 0 Å². The molecular formula is CH6BNaO3. The van der Waals surface area contributed by atoms with Gasteiger partial charge in [0, 0.05) is 0 Å². The Labute approximate surface area is 59.2 Å². The van der Waals surface area contributed by atoms with Crippen molar-refractivity contribution in [2.24, 2.45) is 0 Å². The first-order valence-corrected chi connectivity index (χ1v) is 0.651. The predicted octanol–water partition coefficient (Wildman–Crippen LogP) is -4.23. The Morgan fingerprint density at radius 2 is 1.33 bits per heavy atom. The SMILES string of the molecule is O=C(O)O.[BH4-].[Na+]. The third kappa shape index (κ3) is 430. The Morgan fingerprint density at radius 1 is 1.33 bits per heavy atom. The van der Waals surface area contributed by atoms with Gasteiger partial charge in [-0.15, -0.1) is 0 Å². The van der Waals surface area contributed by atoms with Gasteiger partial charge >= 0.3 is 35.7 Å². The molecule has 6 heavy (non-hydrogen) atoms. The molecule has 0 saturated heterocycles. The van der Waals surface area contributed by atoms with Crippen LogP contribution in [0.2, 0.25) is 0 Å². The van der Waals surface area contributed by atoms with E-state index < -0.39 is 6.16 Å². The summed E-state index contributed by atoms with van der Waals surface area (Å²) in [6.45, 7) is 0. The van der Waals surface area contributed by atoms with Crippen molar-refractivity contribution >= 4 is 14.6 Å². The largest absolute Gasteiger partial charge is 1.00 e. The van der Waals surface area contributed by atoms with Gasteiger partial charge in [0.25, 0.3) is 0 Å². The van der Waals surface area contributed by atoms with E-state index in [1.807, 2.05) is 0 Å². The van der Waals surface area contributed by atoms with Crippen LogP contribution in [0.5, 0.6) is 0 Å². The zero-order valence-electron chi connectivity index (χ0n) is 2.80. The van der Waals surface area contributed by atoms with E-state index in [2.05, 4.69) is 0 Å². The number of hydrogen-bond acceptors (Lipinski definition) is 1. The Balaban J connectivity index is -0.0000000450. The molecule has 0 aliphatic rings. The maximum Gasteiger partial charge on any atom is 1.00 e. The first kappa shape index (κ1) is 16.2. The molecule has 0 amide bonds. The van der Waals surface area contributed by atoms with Crippen molar-refractivity contribution in [1.29, 1.82) is 0 Å². The molecular weight excluding hydrogens is 93.8 g/mol. The Morgan fingerprint density at radius 3 is 1.33 bits per heavy atom. The minimum atomic E-state index is -1.83. The van der Waals surface area contributed by atoms with Gasteiger partial charge in [0.05, 0.1) is 0 Å². The first-order valence-electron chi connectivity index (χ1n) is 0.651. The first-order chi connectivity index (χ1) is 1.73. The minimum absolute atomic E-state index is 0. The van der Waals surface area contributed by atoms with E-state index in [1.165, 1.54) is 0 Å². The van der Waals surface area contributed by atoms with Crippen LogP contribution in [0.15, 0.2) is 0 Å². The molecule has 0 radical (unpaired) electrons. The number of carbonyl (C=O) groups is 1. The second-order valence-electron chi connectivity index (χ2n) is 0.283. The van der Waals surface area contributed by atoms with Gasteiger partial charge in [-0.05, 0) is 0 Å². The van der Waals surface area contributed by atoms with Crippen LogP contribution in [0.3, 0.4) is 0 Å². The topological polar surface area (TPSA) is 57.5 Å². The second-order valence-corrected chi connectivity index (χ2v) is 0.283. The molecule has 0 atom stereocenters. The molecule has 0 aromatic heterocycles. The molecule has 0 aromatic carbocycles. The molecule has 0 heterocycles. The van der Waals surface area contributed by atoms with Crippen LogP contribution in [-0.4, -0.2) is 24.8 Å². The van der Waals surface area contributed by atoms with Gasteiger partial charge in [0.15, 0.2) is 0 Å². The fourth-order valence-electron chi connectivity index (χ4n) is 0. The maximum atomic E-state index is 8.56. The fourth-order valence-corrected chi connectivity index (χ4v) is 0. The molecule has 3 nitrogen and oxygen atoms in total. The van der Waals surface area contributed by atoms with E-state index >= 15 is 0 Å². The standard InChI is InChI=1S/CH2O3.BH4.Na/c2-1(3)4;;/h(H2,2,3,4);1H4;/q;-1;+1. The summed E-state index contributed by atoms with van der Waals surface area (Å²) >= 11 is 0. The van der Waals surface area contributed by atoms with Gasteiger partial charge < -0.3 is 10.2 Å². The zero-order chi connectivity index (χ0) is 3.58. The summed E-state index contributed by atoms with van der Waals surface area (Å²) in [5, 5.41) is 13.9. The van der Waals surface area contributed by atoms with E-state index in [4.69, 9.17) is 15.0 Å². The Kier molecular flexibility index (Phi) is 24.4. The third-order valence-electron chi connectivity index (χ3n) is 0. The van der Waals surface area contributed by atoms with Crippen LogP contribution < -0.4 is 29.6 Å². The van der Waals surface area contributed by atoms with Gasteiger partial charge in [0.2, 0.25) is 0 Å². The predicted molar refractivity (Wildman–Crippen MR) is 22.0 cm³/mol. The number of rotatable bonds is 0. The van der Waals surface area contributed by atoms with E-state index in [-0.39, 0.29) is 38.0 Å². The fraction of sp³-hybridized carbons (Fsp3) is 0. The molecule has 0 bridgehead atoms. The van der Waals surface area contributed by atoms with E-state index in [0.29, 0.717) is 0 Å². The van der Waals surface area contributed by atoms with Gasteiger partial charge in [-0.25, -0.2) is 4.79 Å². The zero-order valence-corrected chi connectivity index (χ0v) is 4.80. The number of hydrogen-bond donors (Lipinski definition) is 2. The van der Waals surface area contributed by atoms with Gasteiger partial charge in [-0.3, -0.25) is 0 Å². The average Bonchev–Trinajstić information content (AvgIpc) is 0.811. The van der Waals surface area contributed by atoms with Crippen molar-refractivity contribution in [3.63, 3.8) is 0 Å². The van der Waals surface area contributed by atoms with Crippen LogP contribution >= 0.6 is 0 Å². The summed E-state index contributed by atoms with van der Waals surface area (Å²) in [5.41, 5.74) is 0. The summed E-state index contributed by atoms with van der Waals surface area (Å²) in [5.74, 6) is 0. The minimum Gasteiger partial charge on any atom is -0.450 e. The monoisotopic (exact) mass is 100 g/mol. The van der Waals surface area contributed by atoms with Gasteiger partial charge in [-0.2, -0.15) is 0 Å². The number of carboxylic acid groups (broad SMARTS) is 2. The molecule has 0 fully saturated rings. The normalized spacial score (nSPS) is 4.00. The molecule has 0 rings (SSSR count). The van der Waals surface area contributed by atoms with Gasteiger partial charge in [0.1, 0.15) is 0 Å². The summed E-state index contributed by atoms with van der Waals surface area (Å²) in [6, 6.07) is 0. The average molecular weight is 99.9 g/mol. The van der Waals surface area contributed by atoms with Crippen molar-refractivity contribution in [2.45, 2.75) is 0 Å². The Hall–Kier alpha value is 0.335. The van der Waals surface area contributed by atoms with E-state index in [9.17, 15) is 0 Å². The van der Waals surface area contributed by atoms with Crippen LogP contribution in [0, 0.1) is 0 Å². The smallest absolute Gasteiger partial charge is 0.450 e. The molecule has 0 spiro atoms. The van der Waals surface area contributed by atoms with Crippen LogP contribution in [-0.2, 0) is 0 Å². The van der Waals surface area contributed by atoms with E-state index in [1.54, 1.807) is 0 Å². The molecule has 0 saturated carbocycles. The second kappa shape index (κ2) is 9.01. The van der Waals surface area contributed by atoms with E-state index in [0.717, 1.165) is 0 Å². The van der Waals surface area contributed by atoms with Crippen LogP contribution in [0.4, 0.5) is 4.79 Å². The summed E-state index contributed by atoms with van der Waals surface area (Å²) in [4.78, 5) is 8.56. The molecule has 0 aliphatic heterocycles. The summed E-state index contributed by atoms with van der Waals surface area (Å²) in [6.07, 6.45) is -1.83. The van der Waals surface area contributed by atoms with Crippen LogP contribution in [0.25, 0.3) is 0 Å². The molecule has 0 unspecified atom stereocenters. The molecule has 2 N–H and O–H groups in total. The van der Waals surface area contributed by atoms with Crippen molar-refractivity contribution in [3.05, 3.63) is 0 Å². The van der Waals surface area contributed by atoms with Crippen molar-refractivity contribution < 1.29 is 44.6 Å².